The molecule has 1 aliphatic heterocycles. The van der Waals surface area contributed by atoms with Gasteiger partial charge in [0, 0.05) is 43.9 Å². The summed E-state index contributed by atoms with van der Waals surface area (Å²) in [6.45, 7) is 7.64. The molecule has 0 N–H and O–H groups in total. The Morgan fingerprint density at radius 2 is 1.77 bits per heavy atom. The first kappa shape index (κ1) is 17.0. The Kier molecular flexibility index (Phi) is 4.89. The Balaban J connectivity index is 1.72. The van der Waals surface area contributed by atoms with E-state index >= 15 is 0 Å². The number of benzene rings is 1. The third kappa shape index (κ3) is 3.45. The molecule has 0 spiro atoms. The van der Waals surface area contributed by atoms with Crippen LogP contribution >= 0.6 is 0 Å². The second-order valence-electron chi connectivity index (χ2n) is 7.53. The topological polar surface area (TPSA) is 21.1 Å². The molecule has 134 valence electrons. The van der Waals surface area contributed by atoms with Crippen molar-refractivity contribution in [1.82, 2.24) is 14.5 Å². The molecule has 4 rings (SSSR count). The summed E-state index contributed by atoms with van der Waals surface area (Å²) >= 11 is 0. The van der Waals surface area contributed by atoms with Gasteiger partial charge in [-0.1, -0.05) is 38.1 Å². The molecule has 0 amide bonds. The minimum absolute atomic E-state index is 0.293. The van der Waals surface area contributed by atoms with Crippen molar-refractivity contribution >= 4 is 0 Å². The van der Waals surface area contributed by atoms with Crippen LogP contribution in [-0.2, 0) is 13.1 Å². The first-order valence-electron chi connectivity index (χ1n) is 9.60. The van der Waals surface area contributed by atoms with Crippen molar-refractivity contribution in [1.29, 1.82) is 0 Å². The predicted molar refractivity (Wildman–Crippen MR) is 106 cm³/mol. The minimum atomic E-state index is 0.293. The molecule has 26 heavy (non-hydrogen) atoms. The Bertz CT molecular complexity index is 833. The second kappa shape index (κ2) is 7.46. The maximum Gasteiger partial charge on any atom is 0.0759 e. The lowest BCUT2D eigenvalue weighted by atomic mass is 9.96. The molecule has 3 nitrogen and oxygen atoms in total. The summed E-state index contributed by atoms with van der Waals surface area (Å²) in [5, 5.41) is 0. The highest BCUT2D eigenvalue weighted by Gasteiger charge is 2.27. The number of hydrogen-bond donors (Lipinski definition) is 0. The Hall–Kier alpha value is -2.39. The largest absolute Gasteiger partial charge is 0.350 e. The van der Waals surface area contributed by atoms with Crippen LogP contribution < -0.4 is 0 Å². The first-order chi connectivity index (χ1) is 12.7. The molecule has 3 heterocycles. The maximum atomic E-state index is 4.17. The molecule has 2 aromatic heterocycles. The normalized spacial score (nSPS) is 17.9. The van der Waals surface area contributed by atoms with E-state index in [1.807, 2.05) is 12.4 Å². The van der Waals surface area contributed by atoms with Crippen molar-refractivity contribution in [3.63, 3.8) is 0 Å². The van der Waals surface area contributed by atoms with E-state index in [0.29, 0.717) is 12.0 Å². The molecule has 0 radical (unpaired) electrons. The summed E-state index contributed by atoms with van der Waals surface area (Å²) in [5.41, 5.74) is 5.50. The summed E-state index contributed by atoms with van der Waals surface area (Å²) in [6, 6.07) is 18.2. The predicted octanol–water partition coefficient (Wildman–Crippen LogP) is 5.00. The van der Waals surface area contributed by atoms with Crippen LogP contribution in [-0.4, -0.2) is 21.0 Å². The number of hydrogen-bond acceptors (Lipinski definition) is 2. The van der Waals surface area contributed by atoms with Gasteiger partial charge in [-0.25, -0.2) is 0 Å². The lowest BCUT2D eigenvalue weighted by molar-refractivity contribution is 0.220. The number of fused-ring (bicyclic) bond motifs is 1. The van der Waals surface area contributed by atoms with E-state index in [1.165, 1.54) is 28.8 Å². The molecular weight excluding hydrogens is 318 g/mol. The van der Waals surface area contributed by atoms with Gasteiger partial charge >= 0.3 is 0 Å². The summed E-state index contributed by atoms with van der Waals surface area (Å²) in [7, 11) is 0. The van der Waals surface area contributed by atoms with Crippen molar-refractivity contribution in [2.24, 2.45) is 0 Å². The lowest BCUT2D eigenvalue weighted by Crippen LogP contribution is -2.29. The minimum Gasteiger partial charge on any atom is -0.350 e. The molecule has 0 aliphatic carbocycles. The van der Waals surface area contributed by atoms with E-state index in [2.05, 4.69) is 83.0 Å². The molecular formula is C23H27N3. The van der Waals surface area contributed by atoms with Crippen LogP contribution in [0.3, 0.4) is 0 Å². The Morgan fingerprint density at radius 3 is 2.50 bits per heavy atom. The van der Waals surface area contributed by atoms with Crippen LogP contribution in [0, 0.1) is 0 Å². The van der Waals surface area contributed by atoms with Gasteiger partial charge in [0.05, 0.1) is 6.04 Å². The van der Waals surface area contributed by atoms with Gasteiger partial charge in [0.15, 0.2) is 0 Å². The zero-order valence-corrected chi connectivity index (χ0v) is 15.7. The van der Waals surface area contributed by atoms with Crippen LogP contribution in [0.5, 0.6) is 0 Å². The van der Waals surface area contributed by atoms with Gasteiger partial charge in [-0.05, 0) is 53.3 Å². The zero-order chi connectivity index (χ0) is 17.9. The van der Waals surface area contributed by atoms with E-state index in [9.17, 15) is 0 Å². The fourth-order valence-corrected chi connectivity index (χ4v) is 3.98. The summed E-state index contributed by atoms with van der Waals surface area (Å²) in [4.78, 5) is 6.78. The van der Waals surface area contributed by atoms with Crippen LogP contribution in [0.15, 0.2) is 67.1 Å². The smallest absolute Gasteiger partial charge is 0.0759 e. The third-order valence-corrected chi connectivity index (χ3v) is 5.41. The molecule has 0 fully saturated rings. The van der Waals surface area contributed by atoms with Crippen LogP contribution in [0.4, 0.5) is 0 Å². The Labute approximate surface area is 156 Å². The SMILES string of the molecule is CC(C)c1ccc([C@H]2c3cccn3CCCN2Cc2ccncc2)cc1. The average molecular weight is 345 g/mol. The molecule has 3 heteroatoms. The standard InChI is InChI=1S/C23H27N3/c1-18(2)20-6-8-21(9-7-20)23-22-5-3-14-25(22)15-4-16-26(23)17-19-10-12-24-13-11-19/h3,5-14,18,23H,4,15-17H2,1-2H3/t23-/m0/s1. The number of rotatable bonds is 4. The number of aryl methyl sites for hydroxylation is 1. The van der Waals surface area contributed by atoms with Gasteiger partial charge in [-0.2, -0.15) is 0 Å². The van der Waals surface area contributed by atoms with Crippen LogP contribution in [0.2, 0.25) is 0 Å². The van der Waals surface area contributed by atoms with E-state index in [0.717, 1.165) is 19.6 Å². The van der Waals surface area contributed by atoms with Crippen molar-refractivity contribution < 1.29 is 0 Å². The van der Waals surface area contributed by atoms with Crippen LogP contribution in [0.1, 0.15) is 54.6 Å². The average Bonchev–Trinajstić information content (AvgIpc) is 3.04. The molecule has 1 atom stereocenters. The molecule has 0 saturated heterocycles. The van der Waals surface area contributed by atoms with E-state index < -0.39 is 0 Å². The quantitative estimate of drug-likeness (QED) is 0.663. The Morgan fingerprint density at radius 1 is 1.00 bits per heavy atom. The van der Waals surface area contributed by atoms with Gasteiger partial charge in [-0.3, -0.25) is 9.88 Å². The van der Waals surface area contributed by atoms with Gasteiger partial charge in [0.1, 0.15) is 0 Å². The van der Waals surface area contributed by atoms with E-state index in [1.54, 1.807) is 0 Å². The van der Waals surface area contributed by atoms with Crippen LogP contribution in [0.25, 0.3) is 0 Å². The second-order valence-corrected chi connectivity index (χ2v) is 7.53. The van der Waals surface area contributed by atoms with Crippen molar-refractivity contribution in [3.8, 4) is 0 Å². The molecule has 0 bridgehead atoms. The summed E-state index contributed by atoms with van der Waals surface area (Å²) in [5.74, 6) is 0.565. The molecule has 1 aromatic carbocycles. The van der Waals surface area contributed by atoms with Crippen molar-refractivity contribution in [2.75, 3.05) is 6.54 Å². The highest BCUT2D eigenvalue weighted by atomic mass is 15.2. The first-order valence-corrected chi connectivity index (χ1v) is 9.60. The highest BCUT2D eigenvalue weighted by molar-refractivity contribution is 5.33. The molecule has 3 aromatic rings. The molecule has 0 saturated carbocycles. The van der Waals surface area contributed by atoms with Crippen molar-refractivity contribution in [3.05, 3.63) is 89.5 Å². The van der Waals surface area contributed by atoms with E-state index in [4.69, 9.17) is 0 Å². The maximum absolute atomic E-state index is 4.17. The fourth-order valence-electron chi connectivity index (χ4n) is 3.98. The third-order valence-electron chi connectivity index (χ3n) is 5.41. The van der Waals surface area contributed by atoms with Gasteiger partial charge in [0.25, 0.3) is 0 Å². The van der Waals surface area contributed by atoms with Gasteiger partial charge in [-0.15, -0.1) is 0 Å². The molecule has 0 unspecified atom stereocenters. The van der Waals surface area contributed by atoms with E-state index in [-0.39, 0.29) is 0 Å². The number of aromatic nitrogens is 2. The summed E-state index contributed by atoms with van der Waals surface area (Å²) < 4.78 is 2.42. The summed E-state index contributed by atoms with van der Waals surface area (Å²) in [6.07, 6.45) is 7.18. The fraction of sp³-hybridized carbons (Fsp3) is 0.348. The highest BCUT2D eigenvalue weighted by Crippen LogP contribution is 2.33. The zero-order valence-electron chi connectivity index (χ0n) is 15.7. The number of nitrogens with zero attached hydrogens (tertiary/aromatic N) is 3. The van der Waals surface area contributed by atoms with Gasteiger partial charge in [0.2, 0.25) is 0 Å². The lowest BCUT2D eigenvalue weighted by Gasteiger charge is -2.31. The molecule has 1 aliphatic rings. The monoisotopic (exact) mass is 345 g/mol. The number of pyridine rings is 1. The van der Waals surface area contributed by atoms with Gasteiger partial charge < -0.3 is 4.57 Å². The van der Waals surface area contributed by atoms with Crippen molar-refractivity contribution in [2.45, 2.75) is 45.3 Å².